The summed E-state index contributed by atoms with van der Waals surface area (Å²) in [6, 6.07) is 8.16. The molecule has 2 rings (SSSR count). The third-order valence-corrected chi connectivity index (χ3v) is 3.25. The minimum absolute atomic E-state index is 0.241. The highest BCUT2D eigenvalue weighted by molar-refractivity contribution is 9.11. The predicted octanol–water partition coefficient (Wildman–Crippen LogP) is 4.41. The Morgan fingerprint density at radius 2 is 1.67 bits per heavy atom. The lowest BCUT2D eigenvalue weighted by Gasteiger charge is -2.06. The Kier molecular flexibility index (Phi) is 3.17. The second-order valence-electron chi connectivity index (χ2n) is 2.97. The lowest BCUT2D eigenvalue weighted by molar-refractivity contribution is 0.628. The lowest BCUT2D eigenvalue weighted by Crippen LogP contribution is -1.85. The maximum atomic E-state index is 12.8. The van der Waals surface area contributed by atoms with Crippen molar-refractivity contribution in [3.05, 3.63) is 51.4 Å². The van der Waals surface area contributed by atoms with Gasteiger partial charge in [-0.1, -0.05) is 12.1 Å². The molecule has 1 heterocycles. The quantitative estimate of drug-likeness (QED) is 0.706. The fourth-order valence-electron chi connectivity index (χ4n) is 1.29. The van der Waals surface area contributed by atoms with Gasteiger partial charge >= 0.3 is 0 Å². The van der Waals surface area contributed by atoms with Gasteiger partial charge < -0.3 is 0 Å². The van der Waals surface area contributed by atoms with Crippen molar-refractivity contribution in [3.8, 4) is 11.1 Å². The molecule has 0 radical (unpaired) electrons. The molecule has 0 saturated carbocycles. The fourth-order valence-corrected chi connectivity index (χ4v) is 2.65. The normalized spacial score (nSPS) is 10.3. The van der Waals surface area contributed by atoms with Crippen LogP contribution in [0.5, 0.6) is 0 Å². The summed E-state index contributed by atoms with van der Waals surface area (Å²) in [7, 11) is 0. The van der Waals surface area contributed by atoms with E-state index in [0.717, 1.165) is 20.2 Å². The summed E-state index contributed by atoms with van der Waals surface area (Å²) in [5.74, 6) is -0.241. The van der Waals surface area contributed by atoms with Crippen LogP contribution in [0.15, 0.2) is 45.6 Å². The van der Waals surface area contributed by atoms with Crippen LogP contribution in [-0.2, 0) is 0 Å². The molecule has 0 aliphatic carbocycles. The number of halogens is 3. The van der Waals surface area contributed by atoms with E-state index in [2.05, 4.69) is 36.8 Å². The van der Waals surface area contributed by atoms with E-state index in [0.29, 0.717) is 0 Å². The number of aromatic nitrogens is 1. The van der Waals surface area contributed by atoms with Crippen molar-refractivity contribution >= 4 is 31.9 Å². The first-order chi connectivity index (χ1) is 7.18. The summed E-state index contributed by atoms with van der Waals surface area (Å²) in [5.41, 5.74) is 1.85. The summed E-state index contributed by atoms with van der Waals surface area (Å²) in [6.45, 7) is 0. The van der Waals surface area contributed by atoms with Gasteiger partial charge in [0.25, 0.3) is 0 Å². The first-order valence-corrected chi connectivity index (χ1v) is 5.83. The number of benzene rings is 1. The summed E-state index contributed by atoms with van der Waals surface area (Å²) >= 11 is 6.81. The molecule has 0 aliphatic heterocycles. The first-order valence-electron chi connectivity index (χ1n) is 4.24. The molecule has 0 aliphatic rings. The Morgan fingerprint density at radius 3 is 2.27 bits per heavy atom. The molecule has 1 nitrogen and oxygen atoms in total. The zero-order chi connectivity index (χ0) is 10.8. The summed E-state index contributed by atoms with van der Waals surface area (Å²) in [4.78, 5) is 4.13. The van der Waals surface area contributed by atoms with Gasteiger partial charge in [-0.15, -0.1) is 0 Å². The minimum atomic E-state index is -0.241. The number of hydrogen-bond donors (Lipinski definition) is 0. The van der Waals surface area contributed by atoms with Crippen molar-refractivity contribution in [2.75, 3.05) is 0 Å². The van der Waals surface area contributed by atoms with E-state index >= 15 is 0 Å². The van der Waals surface area contributed by atoms with Gasteiger partial charge in [0.1, 0.15) is 10.4 Å². The van der Waals surface area contributed by atoms with Gasteiger partial charge in [-0.25, -0.2) is 9.37 Å². The van der Waals surface area contributed by atoms with Crippen molar-refractivity contribution < 1.29 is 4.39 Å². The third-order valence-electron chi connectivity index (χ3n) is 1.99. The van der Waals surface area contributed by atoms with Gasteiger partial charge in [-0.2, -0.15) is 0 Å². The van der Waals surface area contributed by atoms with Crippen LogP contribution >= 0.6 is 31.9 Å². The molecule has 2 aromatic rings. The Morgan fingerprint density at radius 1 is 1.00 bits per heavy atom. The van der Waals surface area contributed by atoms with Crippen LogP contribution in [0.4, 0.5) is 4.39 Å². The second kappa shape index (κ2) is 4.41. The average molecular weight is 331 g/mol. The van der Waals surface area contributed by atoms with Crippen molar-refractivity contribution in [3.63, 3.8) is 0 Å². The summed E-state index contributed by atoms with van der Waals surface area (Å²) in [6.07, 6.45) is 1.70. The van der Waals surface area contributed by atoms with Crippen LogP contribution in [-0.4, -0.2) is 4.98 Å². The third kappa shape index (κ3) is 2.26. The largest absolute Gasteiger partial charge is 0.249 e. The van der Waals surface area contributed by atoms with Gasteiger partial charge in [0.2, 0.25) is 0 Å². The monoisotopic (exact) mass is 329 g/mol. The molecule has 0 unspecified atom stereocenters. The van der Waals surface area contributed by atoms with E-state index in [-0.39, 0.29) is 5.82 Å². The van der Waals surface area contributed by atoms with Gasteiger partial charge in [0, 0.05) is 16.2 Å². The van der Waals surface area contributed by atoms with E-state index in [1.54, 1.807) is 18.3 Å². The van der Waals surface area contributed by atoms with Crippen molar-refractivity contribution in [2.24, 2.45) is 0 Å². The standard InChI is InChI=1S/C11H6Br2FN/c12-9-5-6-15-11(13)10(9)7-1-3-8(14)4-2-7/h1-6H. The van der Waals surface area contributed by atoms with E-state index in [9.17, 15) is 4.39 Å². The molecule has 0 amide bonds. The highest BCUT2D eigenvalue weighted by Crippen LogP contribution is 2.33. The predicted molar refractivity (Wildman–Crippen MR) is 65.0 cm³/mol. The Bertz CT molecular complexity index is 462. The fraction of sp³-hybridized carbons (Fsp3) is 0. The molecule has 0 saturated heterocycles. The maximum absolute atomic E-state index is 12.8. The second-order valence-corrected chi connectivity index (χ2v) is 4.57. The molecule has 0 spiro atoms. The number of nitrogens with zero attached hydrogens (tertiary/aromatic N) is 1. The number of rotatable bonds is 1. The highest BCUT2D eigenvalue weighted by Gasteiger charge is 2.08. The van der Waals surface area contributed by atoms with E-state index in [1.807, 2.05) is 6.07 Å². The number of hydrogen-bond acceptors (Lipinski definition) is 1. The van der Waals surface area contributed by atoms with Crippen LogP contribution < -0.4 is 0 Å². The molecule has 1 aromatic heterocycles. The molecule has 4 heteroatoms. The van der Waals surface area contributed by atoms with Gasteiger partial charge in [0.15, 0.2) is 0 Å². The molecule has 0 fully saturated rings. The Balaban J connectivity index is 2.58. The highest BCUT2D eigenvalue weighted by atomic mass is 79.9. The SMILES string of the molecule is Fc1ccc(-c2c(Br)ccnc2Br)cc1. The molecular formula is C11H6Br2FN. The van der Waals surface area contributed by atoms with Crippen LogP contribution in [0, 0.1) is 5.82 Å². The van der Waals surface area contributed by atoms with Crippen LogP contribution in [0.25, 0.3) is 11.1 Å². The molecular weight excluding hydrogens is 325 g/mol. The molecule has 76 valence electrons. The van der Waals surface area contributed by atoms with Crippen molar-refractivity contribution in [1.82, 2.24) is 4.98 Å². The summed E-state index contributed by atoms with van der Waals surface area (Å²) < 4.78 is 14.4. The average Bonchev–Trinajstić information content (AvgIpc) is 2.20. The zero-order valence-corrected chi connectivity index (χ0v) is 10.7. The van der Waals surface area contributed by atoms with Gasteiger partial charge in [-0.05, 0) is 55.6 Å². The van der Waals surface area contributed by atoms with E-state index in [4.69, 9.17) is 0 Å². The molecule has 0 atom stereocenters. The van der Waals surface area contributed by atoms with Crippen molar-refractivity contribution in [1.29, 1.82) is 0 Å². The van der Waals surface area contributed by atoms with Gasteiger partial charge in [0.05, 0.1) is 0 Å². The van der Waals surface area contributed by atoms with Crippen LogP contribution in [0.1, 0.15) is 0 Å². The molecule has 15 heavy (non-hydrogen) atoms. The molecule has 0 bridgehead atoms. The lowest BCUT2D eigenvalue weighted by atomic mass is 10.1. The van der Waals surface area contributed by atoms with Crippen LogP contribution in [0.3, 0.4) is 0 Å². The summed E-state index contributed by atoms with van der Waals surface area (Å²) in [5, 5.41) is 0. The molecule has 0 N–H and O–H groups in total. The topological polar surface area (TPSA) is 12.9 Å². The van der Waals surface area contributed by atoms with E-state index < -0.39 is 0 Å². The van der Waals surface area contributed by atoms with Gasteiger partial charge in [-0.3, -0.25) is 0 Å². The minimum Gasteiger partial charge on any atom is -0.249 e. The Labute approximate surface area is 104 Å². The first kappa shape index (κ1) is 10.8. The number of pyridine rings is 1. The van der Waals surface area contributed by atoms with Crippen LogP contribution in [0.2, 0.25) is 0 Å². The Hall–Kier alpha value is -0.740. The van der Waals surface area contributed by atoms with E-state index in [1.165, 1.54) is 12.1 Å². The maximum Gasteiger partial charge on any atom is 0.123 e. The molecule has 1 aromatic carbocycles. The zero-order valence-electron chi connectivity index (χ0n) is 7.55. The van der Waals surface area contributed by atoms with Crippen molar-refractivity contribution in [2.45, 2.75) is 0 Å². The smallest absolute Gasteiger partial charge is 0.123 e.